The maximum absolute atomic E-state index is 10.5. The van der Waals surface area contributed by atoms with Crippen molar-refractivity contribution < 1.29 is 9.21 Å². The van der Waals surface area contributed by atoms with Gasteiger partial charge in [0, 0.05) is 0 Å². The fourth-order valence-corrected chi connectivity index (χ4v) is 1.02. The molecule has 1 aliphatic heterocycles. The fourth-order valence-electron chi connectivity index (χ4n) is 1.02. The number of β-lactam (4-membered cyclic amide) rings is 1. The Bertz CT molecular complexity index is 232. The maximum Gasteiger partial charge on any atom is 0.223 e. The lowest BCUT2D eigenvalue weighted by atomic mass is 10.0. The molecule has 1 N–H and O–H groups in total. The number of carbonyl (C=O) groups is 1. The van der Waals surface area contributed by atoms with Crippen LogP contribution in [0.15, 0.2) is 22.8 Å². The van der Waals surface area contributed by atoms with E-state index in [1.807, 2.05) is 12.1 Å². The Kier molecular flexibility index (Phi) is 1.03. The van der Waals surface area contributed by atoms with Crippen LogP contribution in [-0.4, -0.2) is 5.91 Å². The lowest BCUT2D eigenvalue weighted by Crippen LogP contribution is -2.41. The average molecular weight is 137 g/mol. The third kappa shape index (κ3) is 0.708. The molecule has 2 rings (SSSR count). The standard InChI is InChI=1S/C7H7NO2/c9-7-4-5(8-7)6-2-1-3-10-6/h1-3,5H,4H2,(H,8,9)/t5-/m0/s1. The van der Waals surface area contributed by atoms with E-state index in [0.29, 0.717) is 6.42 Å². The minimum absolute atomic E-state index is 0.0985. The molecule has 1 atom stereocenters. The quantitative estimate of drug-likeness (QED) is 0.583. The number of rotatable bonds is 1. The van der Waals surface area contributed by atoms with Crippen LogP contribution in [0.5, 0.6) is 0 Å². The monoisotopic (exact) mass is 137 g/mol. The zero-order chi connectivity index (χ0) is 6.97. The van der Waals surface area contributed by atoms with E-state index in [1.54, 1.807) is 6.26 Å². The third-order valence-corrected chi connectivity index (χ3v) is 1.61. The van der Waals surface area contributed by atoms with E-state index in [1.165, 1.54) is 0 Å². The molecule has 0 aliphatic carbocycles. The van der Waals surface area contributed by atoms with Crippen LogP contribution in [0.1, 0.15) is 18.2 Å². The highest BCUT2D eigenvalue weighted by Crippen LogP contribution is 2.23. The van der Waals surface area contributed by atoms with E-state index in [0.717, 1.165) is 5.76 Å². The minimum Gasteiger partial charge on any atom is -0.467 e. The summed E-state index contributed by atoms with van der Waals surface area (Å²) in [4.78, 5) is 10.5. The van der Waals surface area contributed by atoms with Gasteiger partial charge in [-0.25, -0.2) is 0 Å². The van der Waals surface area contributed by atoms with Gasteiger partial charge in [0.1, 0.15) is 5.76 Å². The van der Waals surface area contributed by atoms with Gasteiger partial charge in [-0.1, -0.05) is 0 Å². The first-order chi connectivity index (χ1) is 4.86. The lowest BCUT2D eigenvalue weighted by molar-refractivity contribution is -0.128. The summed E-state index contributed by atoms with van der Waals surface area (Å²) in [6.07, 6.45) is 2.17. The fraction of sp³-hybridized carbons (Fsp3) is 0.286. The second kappa shape index (κ2) is 1.87. The highest BCUT2D eigenvalue weighted by atomic mass is 16.3. The van der Waals surface area contributed by atoms with Crippen LogP contribution in [0.25, 0.3) is 0 Å². The number of hydrogen-bond acceptors (Lipinski definition) is 2. The van der Waals surface area contributed by atoms with Crippen molar-refractivity contribution in [3.8, 4) is 0 Å². The van der Waals surface area contributed by atoms with Gasteiger partial charge in [-0.15, -0.1) is 0 Å². The molecule has 10 heavy (non-hydrogen) atoms. The third-order valence-electron chi connectivity index (χ3n) is 1.61. The second-order valence-electron chi connectivity index (χ2n) is 2.34. The Hall–Kier alpha value is -1.25. The van der Waals surface area contributed by atoms with Crippen molar-refractivity contribution >= 4 is 5.91 Å². The molecule has 0 saturated carbocycles. The van der Waals surface area contributed by atoms with Crippen LogP contribution in [0.2, 0.25) is 0 Å². The van der Waals surface area contributed by atoms with Crippen molar-refractivity contribution in [1.29, 1.82) is 0 Å². The summed E-state index contributed by atoms with van der Waals surface area (Å²) in [6, 6.07) is 3.81. The average Bonchev–Trinajstić information content (AvgIpc) is 2.31. The van der Waals surface area contributed by atoms with E-state index >= 15 is 0 Å². The van der Waals surface area contributed by atoms with E-state index in [4.69, 9.17) is 4.42 Å². The molecule has 1 aliphatic rings. The lowest BCUT2D eigenvalue weighted by Gasteiger charge is -2.24. The number of furan rings is 1. The minimum atomic E-state index is 0.0985. The Labute approximate surface area is 58.0 Å². The molecule has 0 unspecified atom stereocenters. The van der Waals surface area contributed by atoms with E-state index in [-0.39, 0.29) is 11.9 Å². The van der Waals surface area contributed by atoms with Crippen LogP contribution >= 0.6 is 0 Å². The molecule has 2 heterocycles. The predicted molar refractivity (Wildman–Crippen MR) is 34.2 cm³/mol. The molecule has 52 valence electrons. The van der Waals surface area contributed by atoms with Gasteiger partial charge in [0.15, 0.2) is 0 Å². The van der Waals surface area contributed by atoms with Gasteiger partial charge in [-0.05, 0) is 12.1 Å². The van der Waals surface area contributed by atoms with E-state index in [2.05, 4.69) is 5.32 Å². The van der Waals surface area contributed by atoms with Crippen molar-refractivity contribution in [3.63, 3.8) is 0 Å². The molecule has 0 aromatic carbocycles. The van der Waals surface area contributed by atoms with Gasteiger partial charge >= 0.3 is 0 Å². The Balaban J connectivity index is 2.10. The molecule has 0 radical (unpaired) electrons. The number of carbonyl (C=O) groups excluding carboxylic acids is 1. The molecule has 1 amide bonds. The summed E-state index contributed by atoms with van der Waals surface area (Å²) in [5, 5.41) is 2.71. The molecule has 3 nitrogen and oxygen atoms in total. The van der Waals surface area contributed by atoms with Crippen molar-refractivity contribution in [1.82, 2.24) is 5.32 Å². The van der Waals surface area contributed by atoms with Crippen LogP contribution in [0.3, 0.4) is 0 Å². The normalized spacial score (nSPS) is 23.6. The van der Waals surface area contributed by atoms with Crippen LogP contribution in [-0.2, 0) is 4.79 Å². The first-order valence-electron chi connectivity index (χ1n) is 3.19. The zero-order valence-corrected chi connectivity index (χ0v) is 5.33. The van der Waals surface area contributed by atoms with Crippen molar-refractivity contribution in [2.24, 2.45) is 0 Å². The Morgan fingerprint density at radius 2 is 2.50 bits per heavy atom. The van der Waals surface area contributed by atoms with Gasteiger partial charge in [0.2, 0.25) is 5.91 Å². The van der Waals surface area contributed by atoms with Gasteiger partial charge < -0.3 is 9.73 Å². The first kappa shape index (κ1) is 5.53. The maximum atomic E-state index is 10.5. The van der Waals surface area contributed by atoms with E-state index in [9.17, 15) is 4.79 Å². The molecule has 0 spiro atoms. The second-order valence-corrected chi connectivity index (χ2v) is 2.34. The van der Waals surface area contributed by atoms with Gasteiger partial charge in [-0.3, -0.25) is 4.79 Å². The highest BCUT2D eigenvalue weighted by molar-refractivity contribution is 5.83. The number of nitrogens with one attached hydrogen (secondary N) is 1. The van der Waals surface area contributed by atoms with E-state index < -0.39 is 0 Å². The summed E-state index contributed by atoms with van der Waals surface area (Å²) in [6.45, 7) is 0. The molecule has 1 saturated heterocycles. The first-order valence-corrected chi connectivity index (χ1v) is 3.19. The van der Waals surface area contributed by atoms with Gasteiger partial charge in [0.25, 0.3) is 0 Å². The summed E-state index contributed by atoms with van der Waals surface area (Å²) in [5.74, 6) is 0.945. The summed E-state index contributed by atoms with van der Waals surface area (Å²) >= 11 is 0. The molecule has 0 bridgehead atoms. The molecule has 1 fully saturated rings. The topological polar surface area (TPSA) is 42.2 Å². The highest BCUT2D eigenvalue weighted by Gasteiger charge is 2.28. The van der Waals surface area contributed by atoms with Gasteiger partial charge in [0.05, 0.1) is 18.7 Å². The van der Waals surface area contributed by atoms with Crippen LogP contribution in [0, 0.1) is 0 Å². The molecule has 3 heteroatoms. The van der Waals surface area contributed by atoms with Crippen LogP contribution in [0.4, 0.5) is 0 Å². The largest absolute Gasteiger partial charge is 0.467 e. The van der Waals surface area contributed by atoms with Gasteiger partial charge in [-0.2, -0.15) is 0 Å². The van der Waals surface area contributed by atoms with Crippen molar-refractivity contribution in [2.75, 3.05) is 0 Å². The van der Waals surface area contributed by atoms with Crippen molar-refractivity contribution in [3.05, 3.63) is 24.2 Å². The zero-order valence-electron chi connectivity index (χ0n) is 5.33. The number of amides is 1. The predicted octanol–water partition coefficient (Wildman–Crippen LogP) is 0.841. The molecule has 1 aromatic rings. The molecule has 1 aromatic heterocycles. The smallest absolute Gasteiger partial charge is 0.223 e. The summed E-state index contributed by atoms with van der Waals surface area (Å²) in [7, 11) is 0. The Morgan fingerprint density at radius 3 is 3.00 bits per heavy atom. The summed E-state index contributed by atoms with van der Waals surface area (Å²) < 4.78 is 5.07. The Morgan fingerprint density at radius 1 is 1.70 bits per heavy atom. The molecular formula is C7H7NO2. The SMILES string of the molecule is O=C1C[C@@H](c2ccco2)N1. The van der Waals surface area contributed by atoms with Crippen molar-refractivity contribution in [2.45, 2.75) is 12.5 Å². The molecular weight excluding hydrogens is 130 g/mol. The number of hydrogen-bond donors (Lipinski definition) is 1. The summed E-state index contributed by atoms with van der Waals surface area (Å²) in [5.41, 5.74) is 0. The van der Waals surface area contributed by atoms with Crippen LogP contribution < -0.4 is 5.32 Å².